The van der Waals surface area contributed by atoms with Gasteiger partial charge in [0.05, 0.1) is 19.5 Å². The van der Waals surface area contributed by atoms with Gasteiger partial charge in [-0.15, -0.1) is 0 Å². The predicted molar refractivity (Wildman–Crippen MR) is 56.8 cm³/mol. The lowest BCUT2D eigenvalue weighted by Gasteiger charge is -2.11. The molecule has 2 aliphatic rings. The predicted octanol–water partition coefficient (Wildman–Crippen LogP) is -0.471. The van der Waals surface area contributed by atoms with E-state index >= 15 is 0 Å². The lowest BCUT2D eigenvalue weighted by molar-refractivity contribution is -0.142. The molecule has 0 spiro atoms. The molecule has 2 atom stereocenters. The average Bonchev–Trinajstić information content (AvgIpc) is 2.88. The number of carbonyl (C=O) groups is 1. The molecule has 84 valence electrons. The molecule has 2 heterocycles. The van der Waals surface area contributed by atoms with Crippen LogP contribution in [0, 0.1) is 5.92 Å². The fraction of sp³-hybridized carbons (Fsp3) is 0.800. The summed E-state index contributed by atoms with van der Waals surface area (Å²) in [5, 5.41) is 6.43. The van der Waals surface area contributed by atoms with Crippen LogP contribution in [0.1, 0.15) is 12.8 Å². The van der Waals surface area contributed by atoms with Crippen LogP contribution in [0.2, 0.25) is 0 Å². The third-order valence-electron chi connectivity index (χ3n) is 2.94. The molecule has 2 unspecified atom stereocenters. The number of aliphatic imine (C=N–C) groups is 1. The topological polar surface area (TPSA) is 62.7 Å². The van der Waals surface area contributed by atoms with Crippen molar-refractivity contribution in [3.8, 4) is 0 Å². The van der Waals surface area contributed by atoms with Crippen molar-refractivity contribution in [2.45, 2.75) is 18.9 Å². The van der Waals surface area contributed by atoms with Gasteiger partial charge in [-0.3, -0.25) is 4.99 Å². The van der Waals surface area contributed by atoms with Gasteiger partial charge >= 0.3 is 5.97 Å². The molecule has 0 aliphatic carbocycles. The van der Waals surface area contributed by atoms with Crippen LogP contribution in [0.3, 0.4) is 0 Å². The van der Waals surface area contributed by atoms with Crippen molar-refractivity contribution in [2.75, 3.05) is 26.7 Å². The first-order chi connectivity index (χ1) is 7.29. The average molecular weight is 211 g/mol. The minimum absolute atomic E-state index is 0.224. The maximum Gasteiger partial charge on any atom is 0.330 e. The van der Waals surface area contributed by atoms with Gasteiger partial charge in [0, 0.05) is 6.42 Å². The molecule has 0 aromatic carbocycles. The number of methoxy groups -OCH3 is 1. The number of hydrogen-bond acceptors (Lipinski definition) is 5. The van der Waals surface area contributed by atoms with Crippen LogP contribution >= 0.6 is 0 Å². The Kier molecular flexibility index (Phi) is 3.20. The molecule has 1 fully saturated rings. The van der Waals surface area contributed by atoms with E-state index in [0.29, 0.717) is 12.5 Å². The third-order valence-corrected chi connectivity index (χ3v) is 2.94. The van der Waals surface area contributed by atoms with Crippen LogP contribution in [0.4, 0.5) is 0 Å². The monoisotopic (exact) mass is 211 g/mol. The lowest BCUT2D eigenvalue weighted by atomic mass is 10.0. The van der Waals surface area contributed by atoms with Crippen molar-refractivity contribution in [1.82, 2.24) is 10.6 Å². The number of nitrogens with zero attached hydrogens (tertiary/aromatic N) is 1. The molecule has 15 heavy (non-hydrogen) atoms. The number of hydrogen-bond donors (Lipinski definition) is 2. The normalized spacial score (nSPS) is 29.8. The molecule has 2 N–H and O–H groups in total. The van der Waals surface area contributed by atoms with Crippen molar-refractivity contribution in [3.63, 3.8) is 0 Å². The smallest absolute Gasteiger partial charge is 0.330 e. The zero-order valence-electron chi connectivity index (χ0n) is 8.95. The molecular formula is C10H17N3O2. The van der Waals surface area contributed by atoms with E-state index in [4.69, 9.17) is 0 Å². The van der Waals surface area contributed by atoms with Gasteiger partial charge in [-0.1, -0.05) is 0 Å². The van der Waals surface area contributed by atoms with Crippen LogP contribution in [-0.4, -0.2) is 44.6 Å². The van der Waals surface area contributed by atoms with E-state index in [1.54, 1.807) is 0 Å². The summed E-state index contributed by atoms with van der Waals surface area (Å²) in [6, 6.07) is -0.264. The van der Waals surface area contributed by atoms with Gasteiger partial charge in [-0.2, -0.15) is 0 Å². The summed E-state index contributed by atoms with van der Waals surface area (Å²) in [5.74, 6) is 1.39. The SMILES string of the molecule is COC(=O)C1CN=C(CC2CCNC2)N1. The quantitative estimate of drug-likeness (QED) is 0.619. The number of rotatable bonds is 3. The van der Waals surface area contributed by atoms with E-state index in [0.717, 1.165) is 25.3 Å². The largest absolute Gasteiger partial charge is 0.467 e. The zero-order chi connectivity index (χ0) is 10.7. The summed E-state index contributed by atoms with van der Waals surface area (Å²) in [6.07, 6.45) is 2.14. The Bertz CT molecular complexity index is 272. The molecule has 2 aliphatic heterocycles. The summed E-state index contributed by atoms with van der Waals surface area (Å²) in [6.45, 7) is 2.67. The maximum absolute atomic E-state index is 11.2. The van der Waals surface area contributed by atoms with E-state index in [1.807, 2.05) is 0 Å². The first kappa shape index (κ1) is 10.4. The third kappa shape index (κ3) is 2.47. The summed E-state index contributed by atoms with van der Waals surface area (Å²) in [7, 11) is 1.41. The highest BCUT2D eigenvalue weighted by Crippen LogP contribution is 2.14. The minimum atomic E-state index is -0.264. The van der Waals surface area contributed by atoms with Crippen molar-refractivity contribution >= 4 is 11.8 Å². The summed E-state index contributed by atoms with van der Waals surface area (Å²) in [5.41, 5.74) is 0. The molecule has 0 aromatic rings. The molecule has 0 saturated carbocycles. The van der Waals surface area contributed by atoms with Crippen LogP contribution < -0.4 is 10.6 Å². The molecule has 0 bridgehead atoms. The van der Waals surface area contributed by atoms with E-state index < -0.39 is 0 Å². The van der Waals surface area contributed by atoms with Crippen LogP contribution in [0.15, 0.2) is 4.99 Å². The van der Waals surface area contributed by atoms with Gasteiger partial charge in [0.25, 0.3) is 0 Å². The van der Waals surface area contributed by atoms with Gasteiger partial charge in [-0.25, -0.2) is 4.79 Å². The highest BCUT2D eigenvalue weighted by molar-refractivity contribution is 5.90. The van der Waals surface area contributed by atoms with E-state index in [2.05, 4.69) is 20.4 Å². The molecule has 2 rings (SSSR count). The van der Waals surface area contributed by atoms with E-state index in [9.17, 15) is 4.79 Å². The minimum Gasteiger partial charge on any atom is -0.467 e. The maximum atomic E-state index is 11.2. The van der Waals surface area contributed by atoms with Crippen molar-refractivity contribution in [3.05, 3.63) is 0 Å². The molecule has 0 radical (unpaired) electrons. The van der Waals surface area contributed by atoms with Crippen LogP contribution in [-0.2, 0) is 9.53 Å². The van der Waals surface area contributed by atoms with Gasteiger partial charge in [0.1, 0.15) is 6.04 Å². The molecule has 0 amide bonds. The Morgan fingerprint density at radius 1 is 1.67 bits per heavy atom. The Hall–Kier alpha value is -1.10. The molecule has 1 saturated heterocycles. The van der Waals surface area contributed by atoms with E-state index in [1.165, 1.54) is 13.5 Å². The van der Waals surface area contributed by atoms with Gasteiger partial charge < -0.3 is 15.4 Å². The van der Waals surface area contributed by atoms with Crippen molar-refractivity contribution in [2.24, 2.45) is 10.9 Å². The molecule has 0 aromatic heterocycles. The fourth-order valence-corrected chi connectivity index (χ4v) is 2.06. The lowest BCUT2D eigenvalue weighted by Crippen LogP contribution is -2.38. The zero-order valence-corrected chi connectivity index (χ0v) is 8.95. The summed E-state index contributed by atoms with van der Waals surface area (Å²) in [4.78, 5) is 15.6. The Labute approximate surface area is 89.3 Å². The fourth-order valence-electron chi connectivity index (χ4n) is 2.06. The van der Waals surface area contributed by atoms with Crippen molar-refractivity contribution < 1.29 is 9.53 Å². The first-order valence-electron chi connectivity index (χ1n) is 5.38. The highest BCUT2D eigenvalue weighted by Gasteiger charge is 2.27. The first-order valence-corrected chi connectivity index (χ1v) is 5.38. The number of esters is 1. The number of ether oxygens (including phenoxy) is 1. The van der Waals surface area contributed by atoms with Crippen LogP contribution in [0.25, 0.3) is 0 Å². The number of carbonyl (C=O) groups excluding carboxylic acids is 1. The second kappa shape index (κ2) is 4.61. The van der Waals surface area contributed by atoms with Gasteiger partial charge in [-0.05, 0) is 25.4 Å². The number of nitrogens with one attached hydrogen (secondary N) is 2. The van der Waals surface area contributed by atoms with Crippen LogP contribution in [0.5, 0.6) is 0 Å². The molecular weight excluding hydrogens is 194 g/mol. The van der Waals surface area contributed by atoms with Gasteiger partial charge in [0.2, 0.25) is 0 Å². The highest BCUT2D eigenvalue weighted by atomic mass is 16.5. The second-order valence-corrected chi connectivity index (χ2v) is 4.07. The van der Waals surface area contributed by atoms with Crippen molar-refractivity contribution in [1.29, 1.82) is 0 Å². The molecule has 5 nitrogen and oxygen atoms in total. The Balaban J connectivity index is 1.78. The Morgan fingerprint density at radius 2 is 2.53 bits per heavy atom. The Morgan fingerprint density at radius 3 is 3.20 bits per heavy atom. The standard InChI is InChI=1S/C10H17N3O2/c1-15-10(14)8-6-12-9(13-8)4-7-2-3-11-5-7/h7-8,11H,2-6H2,1H3,(H,12,13). The molecule has 5 heteroatoms. The van der Waals surface area contributed by atoms with Gasteiger partial charge in [0.15, 0.2) is 0 Å². The van der Waals surface area contributed by atoms with E-state index in [-0.39, 0.29) is 12.0 Å². The number of amidine groups is 1. The summed E-state index contributed by atoms with van der Waals surface area (Å²) < 4.78 is 4.67. The summed E-state index contributed by atoms with van der Waals surface area (Å²) >= 11 is 0. The second-order valence-electron chi connectivity index (χ2n) is 4.07.